The molecule has 0 saturated heterocycles. The van der Waals surface area contributed by atoms with E-state index in [-0.39, 0.29) is 11.9 Å². The van der Waals surface area contributed by atoms with Gasteiger partial charge >= 0.3 is 6.03 Å². The number of halogens is 1. The molecule has 28 heavy (non-hydrogen) atoms. The molecule has 2 aromatic carbocycles. The molecule has 0 bridgehead atoms. The van der Waals surface area contributed by atoms with Crippen molar-refractivity contribution in [3.63, 3.8) is 0 Å². The summed E-state index contributed by atoms with van der Waals surface area (Å²) in [5, 5.41) is 8.24. The van der Waals surface area contributed by atoms with Gasteiger partial charge in [-0.3, -0.25) is 4.79 Å². The molecule has 3 amide bonds. The van der Waals surface area contributed by atoms with E-state index in [9.17, 15) is 9.59 Å². The first-order chi connectivity index (χ1) is 13.6. The molecule has 3 N–H and O–H groups in total. The number of amides is 3. The largest absolute Gasteiger partial charge is 0.381 e. The molecule has 0 unspecified atom stereocenters. The Morgan fingerprint density at radius 2 is 1.61 bits per heavy atom. The van der Waals surface area contributed by atoms with Crippen LogP contribution >= 0.6 is 15.9 Å². The molecule has 2 aromatic rings. The lowest BCUT2D eigenvalue weighted by atomic mass is 10.2. The zero-order valence-electron chi connectivity index (χ0n) is 15.7. The highest BCUT2D eigenvalue weighted by Gasteiger charge is 2.05. The van der Waals surface area contributed by atoms with Crippen LogP contribution in [0.2, 0.25) is 0 Å². The Kier molecular flexibility index (Phi) is 10.1. The highest BCUT2D eigenvalue weighted by atomic mass is 79.9. The van der Waals surface area contributed by atoms with E-state index in [0.717, 1.165) is 17.3 Å². The number of carbonyl (C=O) groups excluding carboxylic acids is 2. The lowest BCUT2D eigenvalue weighted by molar-refractivity contribution is 0.0953. The van der Waals surface area contributed by atoms with Crippen molar-refractivity contribution in [3.05, 3.63) is 70.2 Å². The summed E-state index contributed by atoms with van der Waals surface area (Å²) in [6.45, 7) is 2.55. The summed E-state index contributed by atoms with van der Waals surface area (Å²) in [5.41, 5.74) is 1.83. The second-order valence-corrected chi connectivity index (χ2v) is 7.07. The Morgan fingerprint density at radius 3 is 2.39 bits per heavy atom. The molecule has 0 saturated carbocycles. The van der Waals surface area contributed by atoms with Crippen molar-refractivity contribution in [2.45, 2.75) is 12.8 Å². The van der Waals surface area contributed by atoms with Crippen LogP contribution in [0, 0.1) is 0 Å². The monoisotopic (exact) mass is 447 g/mol. The number of hydrogen-bond donors (Lipinski definition) is 3. The van der Waals surface area contributed by atoms with E-state index in [4.69, 9.17) is 4.74 Å². The van der Waals surface area contributed by atoms with Crippen molar-refractivity contribution in [3.8, 4) is 0 Å². The number of benzene rings is 2. The van der Waals surface area contributed by atoms with Crippen molar-refractivity contribution < 1.29 is 14.3 Å². The summed E-state index contributed by atoms with van der Waals surface area (Å²) >= 11 is 3.33. The third-order valence-electron chi connectivity index (χ3n) is 3.91. The minimum atomic E-state index is -0.249. The second kappa shape index (κ2) is 12.9. The smallest absolute Gasteiger partial charge is 0.314 e. The van der Waals surface area contributed by atoms with Crippen LogP contribution in [0.3, 0.4) is 0 Å². The van der Waals surface area contributed by atoms with Gasteiger partial charge in [0.25, 0.3) is 5.91 Å². The molecule has 7 heteroatoms. The molecular weight excluding hydrogens is 422 g/mol. The molecule has 6 nitrogen and oxygen atoms in total. The average molecular weight is 448 g/mol. The molecule has 2 rings (SSSR count). The van der Waals surface area contributed by atoms with Crippen LogP contribution < -0.4 is 16.0 Å². The second-order valence-electron chi connectivity index (χ2n) is 6.15. The van der Waals surface area contributed by atoms with Crippen LogP contribution in [0.1, 0.15) is 22.3 Å². The molecule has 0 fully saturated rings. The Bertz CT molecular complexity index is 741. The summed E-state index contributed by atoms with van der Waals surface area (Å²) < 4.78 is 6.42. The van der Waals surface area contributed by atoms with Gasteiger partial charge in [-0.2, -0.15) is 0 Å². The molecule has 0 aliphatic heterocycles. The third-order valence-corrected chi connectivity index (χ3v) is 4.41. The van der Waals surface area contributed by atoms with E-state index < -0.39 is 0 Å². The fourth-order valence-corrected chi connectivity index (χ4v) is 2.86. The van der Waals surface area contributed by atoms with Crippen LogP contribution in [0.15, 0.2) is 59.1 Å². The molecule has 0 heterocycles. The van der Waals surface area contributed by atoms with Gasteiger partial charge in [0.15, 0.2) is 0 Å². The molecule has 150 valence electrons. The lowest BCUT2D eigenvalue weighted by Crippen LogP contribution is -2.40. The van der Waals surface area contributed by atoms with Crippen molar-refractivity contribution in [1.82, 2.24) is 16.0 Å². The topological polar surface area (TPSA) is 79.5 Å². The standard InChI is InChI=1S/C21H26BrN3O3/c22-19-9-4-8-18(16-19)20(26)23-12-13-25-21(27)24-11-5-14-28-15-10-17-6-2-1-3-7-17/h1-4,6-9,16H,5,10-15H2,(H,23,26)(H2,24,25,27). The maximum atomic E-state index is 12.0. The fraction of sp³-hybridized carbons (Fsp3) is 0.333. The number of hydrogen-bond acceptors (Lipinski definition) is 3. The Hall–Kier alpha value is -2.38. The first kappa shape index (κ1) is 21.9. The van der Waals surface area contributed by atoms with E-state index in [1.165, 1.54) is 5.56 Å². The van der Waals surface area contributed by atoms with Gasteiger partial charge in [0.2, 0.25) is 0 Å². The summed E-state index contributed by atoms with van der Waals surface area (Å²) in [6.07, 6.45) is 1.64. The summed E-state index contributed by atoms with van der Waals surface area (Å²) in [4.78, 5) is 23.6. The quantitative estimate of drug-likeness (QED) is 0.463. The van der Waals surface area contributed by atoms with Crippen LogP contribution in [-0.4, -0.2) is 44.8 Å². The Morgan fingerprint density at radius 1 is 0.857 bits per heavy atom. The minimum Gasteiger partial charge on any atom is -0.381 e. The van der Waals surface area contributed by atoms with Crippen molar-refractivity contribution in [2.24, 2.45) is 0 Å². The van der Waals surface area contributed by atoms with E-state index in [2.05, 4.69) is 44.0 Å². The summed E-state index contributed by atoms with van der Waals surface area (Å²) in [5.74, 6) is -0.170. The molecule has 0 aliphatic carbocycles. The zero-order chi connectivity index (χ0) is 20.0. The van der Waals surface area contributed by atoms with E-state index in [1.54, 1.807) is 18.2 Å². The average Bonchev–Trinajstić information content (AvgIpc) is 2.71. The number of carbonyl (C=O) groups is 2. The lowest BCUT2D eigenvalue weighted by Gasteiger charge is -2.09. The summed E-state index contributed by atoms with van der Waals surface area (Å²) in [7, 11) is 0. The van der Waals surface area contributed by atoms with Crippen molar-refractivity contribution in [2.75, 3.05) is 32.8 Å². The molecule has 0 radical (unpaired) electrons. The van der Waals surface area contributed by atoms with Crippen molar-refractivity contribution >= 4 is 27.9 Å². The van der Waals surface area contributed by atoms with Crippen LogP contribution in [0.4, 0.5) is 4.79 Å². The highest BCUT2D eigenvalue weighted by Crippen LogP contribution is 2.11. The van der Waals surface area contributed by atoms with Crippen LogP contribution in [0.5, 0.6) is 0 Å². The van der Waals surface area contributed by atoms with Gasteiger partial charge in [0, 0.05) is 36.3 Å². The van der Waals surface area contributed by atoms with Gasteiger partial charge in [0.05, 0.1) is 6.61 Å². The minimum absolute atomic E-state index is 0.170. The van der Waals surface area contributed by atoms with Gasteiger partial charge < -0.3 is 20.7 Å². The van der Waals surface area contributed by atoms with Gasteiger partial charge in [0.1, 0.15) is 0 Å². The predicted molar refractivity (Wildman–Crippen MR) is 113 cm³/mol. The first-order valence-corrected chi connectivity index (χ1v) is 10.1. The van der Waals surface area contributed by atoms with Crippen LogP contribution in [0.25, 0.3) is 0 Å². The SMILES string of the molecule is O=C(NCCCOCCc1ccccc1)NCCNC(=O)c1cccc(Br)c1. The van der Waals surface area contributed by atoms with Gasteiger partial charge in [-0.05, 0) is 36.6 Å². The number of rotatable bonds is 11. The van der Waals surface area contributed by atoms with E-state index >= 15 is 0 Å². The summed E-state index contributed by atoms with van der Waals surface area (Å²) in [6, 6.07) is 17.1. The zero-order valence-corrected chi connectivity index (χ0v) is 17.3. The Labute approximate surface area is 174 Å². The van der Waals surface area contributed by atoms with E-state index in [0.29, 0.717) is 38.4 Å². The van der Waals surface area contributed by atoms with Gasteiger partial charge in [-0.1, -0.05) is 52.3 Å². The maximum absolute atomic E-state index is 12.0. The molecule has 0 atom stereocenters. The maximum Gasteiger partial charge on any atom is 0.314 e. The van der Waals surface area contributed by atoms with Gasteiger partial charge in [-0.25, -0.2) is 4.79 Å². The van der Waals surface area contributed by atoms with Crippen LogP contribution in [-0.2, 0) is 11.2 Å². The Balaban J connectivity index is 1.44. The molecule has 0 aliphatic rings. The van der Waals surface area contributed by atoms with Gasteiger partial charge in [-0.15, -0.1) is 0 Å². The van der Waals surface area contributed by atoms with E-state index in [1.807, 2.05) is 24.3 Å². The highest BCUT2D eigenvalue weighted by molar-refractivity contribution is 9.10. The van der Waals surface area contributed by atoms with Crippen molar-refractivity contribution in [1.29, 1.82) is 0 Å². The first-order valence-electron chi connectivity index (χ1n) is 9.32. The molecule has 0 aromatic heterocycles. The number of nitrogens with one attached hydrogen (secondary N) is 3. The fourth-order valence-electron chi connectivity index (χ4n) is 2.46. The predicted octanol–water partition coefficient (Wildman–Crippen LogP) is 3.13. The number of urea groups is 1. The number of ether oxygens (including phenoxy) is 1. The third kappa shape index (κ3) is 9.01. The molecule has 0 spiro atoms. The normalized spacial score (nSPS) is 10.3. The molecular formula is C21H26BrN3O3.